The molecule has 41 heavy (non-hydrogen) atoms. The maximum atomic E-state index is 12.7. The summed E-state index contributed by atoms with van der Waals surface area (Å²) >= 11 is 5.79. The number of aromatic nitrogens is 1. The lowest BCUT2D eigenvalue weighted by Crippen LogP contribution is -2.41. The quantitative estimate of drug-likeness (QED) is 0.216. The van der Waals surface area contributed by atoms with Crippen molar-refractivity contribution in [1.82, 2.24) is 14.6 Å². The molecule has 1 heterocycles. The van der Waals surface area contributed by atoms with Gasteiger partial charge in [-0.3, -0.25) is 4.79 Å². The first-order valence-corrected chi connectivity index (χ1v) is 14.5. The number of amides is 2. The molecule has 2 amide bonds. The number of sulfonamides is 1. The summed E-state index contributed by atoms with van der Waals surface area (Å²) in [4.78, 5) is 29.3. The number of nitrogens with zero attached hydrogens (tertiary/aromatic N) is 2. The third-order valence-electron chi connectivity index (χ3n) is 6.53. The number of carboxylic acid groups (broad SMARTS) is 1. The highest BCUT2D eigenvalue weighted by atomic mass is 35.5. The predicted octanol–water partition coefficient (Wildman–Crippen LogP) is 5.17. The Labute approximate surface area is 243 Å². The van der Waals surface area contributed by atoms with E-state index in [0.29, 0.717) is 12.0 Å². The second kappa shape index (κ2) is 12.9. The Kier molecular flexibility index (Phi) is 9.38. The molecule has 0 saturated carbocycles. The van der Waals surface area contributed by atoms with Gasteiger partial charge in [-0.2, -0.15) is 0 Å². The van der Waals surface area contributed by atoms with Crippen molar-refractivity contribution in [2.45, 2.75) is 30.4 Å². The Bertz CT molecular complexity index is 1600. The van der Waals surface area contributed by atoms with Gasteiger partial charge in [0.2, 0.25) is 0 Å². The molecule has 4 rings (SSSR count). The van der Waals surface area contributed by atoms with E-state index in [9.17, 15) is 28.2 Å². The lowest BCUT2D eigenvalue weighted by atomic mass is 10.0. The van der Waals surface area contributed by atoms with Crippen LogP contribution in [0.1, 0.15) is 34.5 Å². The summed E-state index contributed by atoms with van der Waals surface area (Å²) in [6, 6.07) is 24.4. The number of hydrogen-bond acceptors (Lipinski definition) is 6. The molecule has 9 nitrogen and oxygen atoms in total. The van der Waals surface area contributed by atoms with Crippen molar-refractivity contribution < 1.29 is 28.2 Å². The minimum Gasteiger partial charge on any atom is -0.465 e. The van der Waals surface area contributed by atoms with Gasteiger partial charge in [-0.1, -0.05) is 72.3 Å². The minimum absolute atomic E-state index is 0.0405. The topological polar surface area (TPSA) is 137 Å². The van der Waals surface area contributed by atoms with Crippen LogP contribution in [0.4, 0.5) is 4.79 Å². The summed E-state index contributed by atoms with van der Waals surface area (Å²) < 4.78 is 27.4. The van der Waals surface area contributed by atoms with Crippen LogP contribution in [-0.2, 0) is 16.4 Å². The van der Waals surface area contributed by atoms with Crippen LogP contribution in [-0.4, -0.2) is 53.1 Å². The summed E-state index contributed by atoms with van der Waals surface area (Å²) in [6.45, 7) is 1.64. The number of rotatable bonds is 10. The molecule has 0 aliphatic rings. The second-order valence-corrected chi connectivity index (χ2v) is 11.5. The van der Waals surface area contributed by atoms with Gasteiger partial charge in [0, 0.05) is 23.4 Å². The molecule has 0 saturated heterocycles. The smallest absolute Gasteiger partial charge is 0.407 e. The standard InChI is InChI=1S/C30H28ClN3O6S/c1-20(34(30(37)38)19-27(35)25-13-16-28(31)32-18-25)17-21-7-9-22(10-8-21)23-11-14-26(15-12-23)41(39,40)33-29(36)24-5-3-2-4-6-24/h2-16,18,20,27,35H,17,19H2,1H3,(H,33,36)(H,37,38)/t20-,27-/m1/s1. The molecule has 0 bridgehead atoms. The van der Waals surface area contributed by atoms with E-state index in [1.165, 1.54) is 41.4 Å². The molecule has 4 aromatic rings. The van der Waals surface area contributed by atoms with E-state index in [1.807, 2.05) is 24.3 Å². The lowest BCUT2D eigenvalue weighted by molar-refractivity contribution is 0.0797. The van der Waals surface area contributed by atoms with Gasteiger partial charge in [0.15, 0.2) is 0 Å². The Morgan fingerprint density at radius 2 is 1.54 bits per heavy atom. The zero-order valence-corrected chi connectivity index (χ0v) is 23.6. The van der Waals surface area contributed by atoms with Gasteiger partial charge in [-0.05, 0) is 60.4 Å². The van der Waals surface area contributed by atoms with Gasteiger partial charge < -0.3 is 15.1 Å². The van der Waals surface area contributed by atoms with Gasteiger partial charge in [0.1, 0.15) is 5.15 Å². The molecule has 1 aromatic heterocycles. The summed E-state index contributed by atoms with van der Waals surface area (Å²) in [5.74, 6) is -0.711. The summed E-state index contributed by atoms with van der Waals surface area (Å²) in [6.07, 6.45) is -0.375. The van der Waals surface area contributed by atoms with E-state index < -0.39 is 34.2 Å². The highest BCUT2D eigenvalue weighted by Gasteiger charge is 2.24. The van der Waals surface area contributed by atoms with Crippen molar-refractivity contribution in [3.05, 3.63) is 119 Å². The van der Waals surface area contributed by atoms with Crippen molar-refractivity contribution in [1.29, 1.82) is 0 Å². The van der Waals surface area contributed by atoms with E-state index in [4.69, 9.17) is 11.6 Å². The summed E-state index contributed by atoms with van der Waals surface area (Å²) in [7, 11) is -4.05. The molecule has 11 heteroatoms. The number of aliphatic hydroxyl groups excluding tert-OH is 1. The average molecular weight is 594 g/mol. The molecule has 212 valence electrons. The molecule has 3 aromatic carbocycles. The molecule has 2 atom stereocenters. The maximum Gasteiger partial charge on any atom is 0.407 e. The van der Waals surface area contributed by atoms with Crippen LogP contribution in [0.5, 0.6) is 0 Å². The number of aliphatic hydroxyl groups is 1. The van der Waals surface area contributed by atoms with E-state index in [-0.39, 0.29) is 22.2 Å². The first-order chi connectivity index (χ1) is 19.5. The zero-order valence-electron chi connectivity index (χ0n) is 22.0. The third kappa shape index (κ3) is 7.69. The monoisotopic (exact) mass is 593 g/mol. The largest absolute Gasteiger partial charge is 0.465 e. The van der Waals surface area contributed by atoms with Crippen molar-refractivity contribution >= 4 is 33.6 Å². The molecule has 0 spiro atoms. The van der Waals surface area contributed by atoms with E-state index in [1.54, 1.807) is 43.3 Å². The number of benzene rings is 3. The van der Waals surface area contributed by atoms with Gasteiger partial charge in [0.25, 0.3) is 15.9 Å². The van der Waals surface area contributed by atoms with Crippen LogP contribution < -0.4 is 4.72 Å². The van der Waals surface area contributed by atoms with E-state index >= 15 is 0 Å². The van der Waals surface area contributed by atoms with Crippen LogP contribution >= 0.6 is 11.6 Å². The van der Waals surface area contributed by atoms with Gasteiger partial charge in [0.05, 0.1) is 17.5 Å². The minimum atomic E-state index is -4.05. The Morgan fingerprint density at radius 3 is 2.10 bits per heavy atom. The predicted molar refractivity (Wildman–Crippen MR) is 155 cm³/mol. The van der Waals surface area contributed by atoms with Crippen molar-refractivity contribution in [3.63, 3.8) is 0 Å². The van der Waals surface area contributed by atoms with Gasteiger partial charge in [-0.25, -0.2) is 22.9 Å². The number of halogens is 1. The van der Waals surface area contributed by atoms with Crippen molar-refractivity contribution in [2.75, 3.05) is 6.54 Å². The normalized spacial score (nSPS) is 12.8. The van der Waals surface area contributed by atoms with Crippen molar-refractivity contribution in [2.24, 2.45) is 0 Å². The molecule has 0 aliphatic carbocycles. The van der Waals surface area contributed by atoms with E-state index in [2.05, 4.69) is 9.71 Å². The molecule has 0 radical (unpaired) electrons. The maximum absolute atomic E-state index is 12.7. The van der Waals surface area contributed by atoms with Crippen LogP contribution in [0.25, 0.3) is 11.1 Å². The van der Waals surface area contributed by atoms with Crippen molar-refractivity contribution in [3.8, 4) is 11.1 Å². The Hall–Kier alpha value is -4.25. The molecule has 3 N–H and O–H groups in total. The molecular weight excluding hydrogens is 566 g/mol. The highest BCUT2D eigenvalue weighted by Crippen LogP contribution is 2.24. The van der Waals surface area contributed by atoms with Crippen LogP contribution in [0.15, 0.2) is 102 Å². The summed E-state index contributed by atoms with van der Waals surface area (Å²) in [5, 5.41) is 20.6. The van der Waals surface area contributed by atoms with E-state index in [0.717, 1.165) is 16.7 Å². The number of pyridine rings is 1. The van der Waals surface area contributed by atoms with Gasteiger partial charge in [-0.15, -0.1) is 0 Å². The molecule has 0 unspecified atom stereocenters. The van der Waals surface area contributed by atoms with Crippen LogP contribution in [0.3, 0.4) is 0 Å². The number of carbonyl (C=O) groups is 2. The molecule has 0 fully saturated rings. The SMILES string of the molecule is C[C@H](Cc1ccc(-c2ccc(S(=O)(=O)NC(=O)c3ccccc3)cc2)cc1)N(C[C@@H](O)c1ccc(Cl)nc1)C(=O)O. The third-order valence-corrected chi connectivity index (χ3v) is 8.10. The number of nitrogens with one attached hydrogen (secondary N) is 1. The first-order valence-electron chi connectivity index (χ1n) is 12.6. The zero-order chi connectivity index (χ0) is 29.6. The highest BCUT2D eigenvalue weighted by molar-refractivity contribution is 7.90. The van der Waals surface area contributed by atoms with Crippen LogP contribution in [0, 0.1) is 0 Å². The first kappa shape index (κ1) is 29.7. The molecular formula is C30H28ClN3O6S. The Morgan fingerprint density at radius 1 is 0.927 bits per heavy atom. The lowest BCUT2D eigenvalue weighted by Gasteiger charge is -2.28. The number of carbonyl (C=O) groups excluding carboxylic acids is 1. The average Bonchev–Trinajstić information content (AvgIpc) is 2.96. The Balaban J connectivity index is 1.39. The van der Waals surface area contributed by atoms with Gasteiger partial charge >= 0.3 is 6.09 Å². The second-order valence-electron chi connectivity index (χ2n) is 9.44. The fourth-order valence-corrected chi connectivity index (χ4v) is 5.35. The summed E-state index contributed by atoms with van der Waals surface area (Å²) in [5.41, 5.74) is 3.19. The van der Waals surface area contributed by atoms with Crippen LogP contribution in [0.2, 0.25) is 5.15 Å². The number of hydrogen-bond donors (Lipinski definition) is 3. The molecule has 0 aliphatic heterocycles. The fourth-order valence-electron chi connectivity index (χ4n) is 4.26. The fraction of sp³-hybridized carbons (Fsp3) is 0.167.